The second kappa shape index (κ2) is 8.43. The van der Waals surface area contributed by atoms with Crippen molar-refractivity contribution in [2.45, 2.75) is 20.3 Å². The lowest BCUT2D eigenvalue weighted by atomic mass is 10.1. The summed E-state index contributed by atoms with van der Waals surface area (Å²) in [5, 5.41) is 0. The molecule has 0 amide bonds. The van der Waals surface area contributed by atoms with E-state index in [0.29, 0.717) is 24.7 Å². The third-order valence-electron chi connectivity index (χ3n) is 2.78. The molecule has 0 fully saturated rings. The molecule has 0 aliphatic rings. The summed E-state index contributed by atoms with van der Waals surface area (Å²) >= 11 is 0. The van der Waals surface area contributed by atoms with Gasteiger partial charge in [0.2, 0.25) is 0 Å². The van der Waals surface area contributed by atoms with Crippen molar-refractivity contribution in [2.75, 3.05) is 19.8 Å². The number of ether oxygens (including phenoxy) is 2. The topological polar surface area (TPSA) is 52.6 Å². The summed E-state index contributed by atoms with van der Waals surface area (Å²) in [6.45, 7) is 5.24. The highest BCUT2D eigenvalue weighted by molar-refractivity contribution is 6.40. The van der Waals surface area contributed by atoms with Crippen molar-refractivity contribution >= 4 is 11.8 Å². The molecule has 0 N–H and O–H groups in total. The Morgan fingerprint density at radius 2 is 1.84 bits per heavy atom. The molecule has 0 saturated heterocycles. The van der Waals surface area contributed by atoms with Crippen LogP contribution >= 0.6 is 0 Å². The van der Waals surface area contributed by atoms with E-state index in [1.54, 1.807) is 30.3 Å². The van der Waals surface area contributed by atoms with Gasteiger partial charge in [0.1, 0.15) is 6.61 Å². The Morgan fingerprint density at radius 3 is 2.47 bits per heavy atom. The van der Waals surface area contributed by atoms with Crippen molar-refractivity contribution in [3.63, 3.8) is 0 Å². The molecule has 1 rings (SSSR count). The number of ketones is 1. The van der Waals surface area contributed by atoms with Crippen LogP contribution < -0.4 is 0 Å². The minimum Gasteiger partial charge on any atom is -0.457 e. The van der Waals surface area contributed by atoms with Gasteiger partial charge >= 0.3 is 5.97 Å². The molecule has 0 heterocycles. The lowest BCUT2D eigenvalue weighted by Crippen LogP contribution is -2.20. The standard InChI is InChI=1S/C15H20O4/c1-3-12(2)11-18-9-10-19-15(17)14(16)13-7-5-4-6-8-13/h4-8,12H,3,9-11H2,1-2H3. The van der Waals surface area contributed by atoms with E-state index in [4.69, 9.17) is 9.47 Å². The van der Waals surface area contributed by atoms with Crippen LogP contribution in [0.25, 0.3) is 0 Å². The second-order valence-corrected chi connectivity index (χ2v) is 4.42. The van der Waals surface area contributed by atoms with Crippen LogP contribution in [0.4, 0.5) is 0 Å². The van der Waals surface area contributed by atoms with Crippen LogP contribution in [0, 0.1) is 5.92 Å². The van der Waals surface area contributed by atoms with Crippen LogP contribution in [0.2, 0.25) is 0 Å². The first-order valence-corrected chi connectivity index (χ1v) is 6.49. The Balaban J connectivity index is 2.23. The third-order valence-corrected chi connectivity index (χ3v) is 2.78. The van der Waals surface area contributed by atoms with Crippen molar-refractivity contribution in [3.05, 3.63) is 35.9 Å². The van der Waals surface area contributed by atoms with Gasteiger partial charge in [0, 0.05) is 12.2 Å². The Labute approximate surface area is 113 Å². The largest absolute Gasteiger partial charge is 0.457 e. The molecule has 0 spiro atoms. The van der Waals surface area contributed by atoms with Gasteiger partial charge in [-0.25, -0.2) is 4.79 Å². The van der Waals surface area contributed by atoms with Crippen molar-refractivity contribution in [3.8, 4) is 0 Å². The fourth-order valence-corrected chi connectivity index (χ4v) is 1.37. The van der Waals surface area contributed by atoms with Crippen molar-refractivity contribution in [1.82, 2.24) is 0 Å². The molecule has 0 radical (unpaired) electrons. The average Bonchev–Trinajstić information content (AvgIpc) is 2.46. The number of rotatable bonds is 8. The molecule has 4 heteroatoms. The predicted octanol–water partition coefficient (Wildman–Crippen LogP) is 2.48. The first-order chi connectivity index (χ1) is 9.15. The number of esters is 1. The lowest BCUT2D eigenvalue weighted by Gasteiger charge is -2.09. The predicted molar refractivity (Wildman–Crippen MR) is 72.0 cm³/mol. The number of benzene rings is 1. The number of hydrogen-bond acceptors (Lipinski definition) is 4. The first-order valence-electron chi connectivity index (χ1n) is 6.49. The van der Waals surface area contributed by atoms with E-state index < -0.39 is 11.8 Å². The van der Waals surface area contributed by atoms with E-state index in [9.17, 15) is 9.59 Å². The van der Waals surface area contributed by atoms with Gasteiger partial charge in [0.15, 0.2) is 0 Å². The van der Waals surface area contributed by atoms with Crippen LogP contribution in [0.5, 0.6) is 0 Å². The van der Waals surface area contributed by atoms with Gasteiger partial charge in [-0.2, -0.15) is 0 Å². The van der Waals surface area contributed by atoms with Gasteiger partial charge in [-0.15, -0.1) is 0 Å². The van der Waals surface area contributed by atoms with Gasteiger partial charge in [0.05, 0.1) is 6.61 Å². The van der Waals surface area contributed by atoms with Crippen molar-refractivity contribution in [1.29, 1.82) is 0 Å². The Bertz CT molecular complexity index is 400. The van der Waals surface area contributed by atoms with E-state index in [0.717, 1.165) is 6.42 Å². The monoisotopic (exact) mass is 264 g/mol. The lowest BCUT2D eigenvalue weighted by molar-refractivity contribution is -0.139. The molecule has 0 aliphatic heterocycles. The zero-order valence-electron chi connectivity index (χ0n) is 11.4. The summed E-state index contributed by atoms with van der Waals surface area (Å²) in [5.74, 6) is -0.970. The fourth-order valence-electron chi connectivity index (χ4n) is 1.37. The molecule has 1 aromatic carbocycles. The molecule has 0 bridgehead atoms. The van der Waals surface area contributed by atoms with E-state index in [1.807, 2.05) is 0 Å². The van der Waals surface area contributed by atoms with Crippen LogP contribution in [-0.4, -0.2) is 31.6 Å². The van der Waals surface area contributed by atoms with Gasteiger partial charge in [-0.05, 0) is 5.92 Å². The maximum atomic E-state index is 11.6. The molecular weight excluding hydrogens is 244 g/mol. The van der Waals surface area contributed by atoms with Gasteiger partial charge in [0.25, 0.3) is 5.78 Å². The SMILES string of the molecule is CCC(C)COCCOC(=O)C(=O)c1ccccc1. The van der Waals surface area contributed by atoms with Gasteiger partial charge in [-0.3, -0.25) is 4.79 Å². The quantitative estimate of drug-likeness (QED) is 0.313. The van der Waals surface area contributed by atoms with E-state index in [-0.39, 0.29) is 6.61 Å². The molecule has 0 aromatic heterocycles. The van der Waals surface area contributed by atoms with Gasteiger partial charge in [-0.1, -0.05) is 50.6 Å². The molecule has 1 unspecified atom stereocenters. The summed E-state index contributed by atoms with van der Waals surface area (Å²) in [5.41, 5.74) is 0.341. The van der Waals surface area contributed by atoms with Crippen LogP contribution in [0.1, 0.15) is 30.6 Å². The van der Waals surface area contributed by atoms with E-state index >= 15 is 0 Å². The molecular formula is C15H20O4. The average molecular weight is 264 g/mol. The summed E-state index contributed by atoms with van der Waals surface area (Å²) < 4.78 is 10.2. The highest BCUT2D eigenvalue weighted by atomic mass is 16.6. The highest BCUT2D eigenvalue weighted by Gasteiger charge is 2.17. The normalized spacial score (nSPS) is 11.9. The Kier molecular flexibility index (Phi) is 6.82. The molecule has 104 valence electrons. The van der Waals surface area contributed by atoms with Crippen LogP contribution in [-0.2, 0) is 14.3 Å². The molecule has 0 saturated carbocycles. The van der Waals surface area contributed by atoms with Crippen molar-refractivity contribution in [2.24, 2.45) is 5.92 Å². The Morgan fingerprint density at radius 1 is 1.16 bits per heavy atom. The number of hydrogen-bond donors (Lipinski definition) is 0. The molecule has 1 aromatic rings. The first kappa shape index (κ1) is 15.4. The summed E-state index contributed by atoms with van der Waals surface area (Å²) in [7, 11) is 0. The second-order valence-electron chi connectivity index (χ2n) is 4.42. The van der Waals surface area contributed by atoms with E-state index in [2.05, 4.69) is 13.8 Å². The number of Topliss-reactive ketones (excluding diaryl/α,β-unsaturated/α-hetero) is 1. The smallest absolute Gasteiger partial charge is 0.379 e. The van der Waals surface area contributed by atoms with Crippen molar-refractivity contribution < 1.29 is 19.1 Å². The third kappa shape index (κ3) is 5.66. The van der Waals surface area contributed by atoms with Crippen LogP contribution in [0.3, 0.4) is 0 Å². The Hall–Kier alpha value is -1.68. The number of carbonyl (C=O) groups is 2. The number of carbonyl (C=O) groups excluding carboxylic acids is 2. The van der Waals surface area contributed by atoms with E-state index in [1.165, 1.54) is 0 Å². The summed E-state index contributed by atoms with van der Waals surface area (Å²) in [4.78, 5) is 23.1. The van der Waals surface area contributed by atoms with Gasteiger partial charge < -0.3 is 9.47 Å². The maximum Gasteiger partial charge on any atom is 0.379 e. The molecule has 0 aliphatic carbocycles. The molecule has 4 nitrogen and oxygen atoms in total. The minimum absolute atomic E-state index is 0.105. The summed E-state index contributed by atoms with van der Waals surface area (Å²) in [6.07, 6.45) is 1.05. The minimum atomic E-state index is -0.835. The molecule has 19 heavy (non-hydrogen) atoms. The maximum absolute atomic E-state index is 11.6. The zero-order chi connectivity index (χ0) is 14.1. The fraction of sp³-hybridized carbons (Fsp3) is 0.467. The zero-order valence-corrected chi connectivity index (χ0v) is 11.4. The molecule has 1 atom stereocenters. The van der Waals surface area contributed by atoms with Crippen LogP contribution in [0.15, 0.2) is 30.3 Å². The summed E-state index contributed by atoms with van der Waals surface area (Å²) in [6, 6.07) is 8.36. The highest BCUT2D eigenvalue weighted by Crippen LogP contribution is 2.02.